The zero-order chi connectivity index (χ0) is 15.3. The highest BCUT2D eigenvalue weighted by Gasteiger charge is 2.41. The molecule has 2 rings (SSSR count). The standard InChI is InChI=1S/C15H24N2O4/c1-19-11-10-16-12(14(17-11)20-2)13(18)15(21-3)8-6-4-5-7-9-15/h10,13,18H,4-9H2,1-3H3. The first-order chi connectivity index (χ1) is 10.2. The Hall–Kier alpha value is -1.40. The molecule has 1 saturated carbocycles. The Morgan fingerprint density at radius 3 is 2.29 bits per heavy atom. The van der Waals surface area contributed by atoms with Crippen LogP contribution in [-0.4, -0.2) is 42.0 Å². The van der Waals surface area contributed by atoms with Crippen LogP contribution in [0.2, 0.25) is 0 Å². The third-order valence-corrected chi connectivity index (χ3v) is 4.26. The smallest absolute Gasteiger partial charge is 0.241 e. The molecule has 1 heterocycles. The Bertz CT molecular complexity index is 459. The molecule has 0 spiro atoms. The van der Waals surface area contributed by atoms with Crippen molar-refractivity contribution >= 4 is 0 Å². The van der Waals surface area contributed by atoms with Gasteiger partial charge in [-0.2, -0.15) is 4.98 Å². The molecule has 6 nitrogen and oxygen atoms in total. The van der Waals surface area contributed by atoms with Gasteiger partial charge in [-0.3, -0.25) is 0 Å². The molecule has 0 saturated heterocycles. The van der Waals surface area contributed by atoms with Crippen LogP contribution >= 0.6 is 0 Å². The first kappa shape index (κ1) is 16.0. The molecule has 1 aliphatic carbocycles. The number of aliphatic hydroxyl groups excluding tert-OH is 1. The largest absolute Gasteiger partial charge is 0.480 e. The fraction of sp³-hybridized carbons (Fsp3) is 0.733. The van der Waals surface area contributed by atoms with Crippen molar-refractivity contribution in [1.29, 1.82) is 0 Å². The molecule has 0 aliphatic heterocycles. The summed E-state index contributed by atoms with van der Waals surface area (Å²) in [7, 11) is 4.67. The lowest BCUT2D eigenvalue weighted by Gasteiger charge is -2.36. The summed E-state index contributed by atoms with van der Waals surface area (Å²) in [6, 6.07) is 0. The van der Waals surface area contributed by atoms with Gasteiger partial charge in [0.25, 0.3) is 0 Å². The molecule has 1 aromatic heterocycles. The zero-order valence-corrected chi connectivity index (χ0v) is 13.0. The van der Waals surface area contributed by atoms with Gasteiger partial charge >= 0.3 is 0 Å². The lowest BCUT2D eigenvalue weighted by atomic mass is 9.86. The first-order valence-corrected chi connectivity index (χ1v) is 7.35. The number of aromatic nitrogens is 2. The fourth-order valence-electron chi connectivity index (χ4n) is 2.97. The topological polar surface area (TPSA) is 73.7 Å². The molecule has 118 valence electrons. The highest BCUT2D eigenvalue weighted by molar-refractivity contribution is 5.26. The van der Waals surface area contributed by atoms with Gasteiger partial charge in [-0.05, 0) is 12.8 Å². The number of rotatable bonds is 5. The minimum Gasteiger partial charge on any atom is -0.480 e. The molecule has 1 N–H and O–H groups in total. The van der Waals surface area contributed by atoms with Crippen LogP contribution in [0.3, 0.4) is 0 Å². The lowest BCUT2D eigenvalue weighted by Crippen LogP contribution is -2.38. The summed E-state index contributed by atoms with van der Waals surface area (Å²) in [5, 5.41) is 10.8. The Labute approximate surface area is 125 Å². The first-order valence-electron chi connectivity index (χ1n) is 7.35. The van der Waals surface area contributed by atoms with Crippen LogP contribution < -0.4 is 9.47 Å². The molecule has 1 fully saturated rings. The van der Waals surface area contributed by atoms with Crippen molar-refractivity contribution in [3.05, 3.63) is 11.9 Å². The van der Waals surface area contributed by atoms with Gasteiger partial charge in [-0.15, -0.1) is 0 Å². The number of aliphatic hydroxyl groups is 1. The van der Waals surface area contributed by atoms with Crippen molar-refractivity contribution in [1.82, 2.24) is 9.97 Å². The van der Waals surface area contributed by atoms with Gasteiger partial charge in [0.2, 0.25) is 11.8 Å². The summed E-state index contributed by atoms with van der Waals surface area (Å²) >= 11 is 0. The van der Waals surface area contributed by atoms with Gasteiger partial charge in [0.15, 0.2) is 0 Å². The molecule has 1 atom stereocenters. The summed E-state index contributed by atoms with van der Waals surface area (Å²) in [4.78, 5) is 8.47. The van der Waals surface area contributed by atoms with E-state index < -0.39 is 11.7 Å². The molecule has 0 aromatic carbocycles. The van der Waals surface area contributed by atoms with E-state index in [-0.39, 0.29) is 5.88 Å². The minimum atomic E-state index is -0.867. The van der Waals surface area contributed by atoms with Crippen LogP contribution in [0.1, 0.15) is 50.3 Å². The van der Waals surface area contributed by atoms with E-state index in [0.717, 1.165) is 25.7 Å². The number of hydrogen-bond donors (Lipinski definition) is 1. The van der Waals surface area contributed by atoms with Gasteiger partial charge < -0.3 is 19.3 Å². The molecule has 6 heteroatoms. The molecule has 0 radical (unpaired) electrons. The van der Waals surface area contributed by atoms with Crippen LogP contribution in [0.4, 0.5) is 0 Å². The van der Waals surface area contributed by atoms with Gasteiger partial charge in [0.1, 0.15) is 11.8 Å². The van der Waals surface area contributed by atoms with E-state index in [9.17, 15) is 5.11 Å². The Morgan fingerprint density at radius 2 is 1.76 bits per heavy atom. The summed E-state index contributed by atoms with van der Waals surface area (Å²) in [5.74, 6) is 0.637. The molecular formula is C15H24N2O4. The van der Waals surface area contributed by atoms with Crippen LogP contribution in [-0.2, 0) is 4.74 Å². The quantitative estimate of drug-likeness (QED) is 0.840. The van der Waals surface area contributed by atoms with E-state index in [1.165, 1.54) is 33.3 Å². The maximum atomic E-state index is 10.8. The van der Waals surface area contributed by atoms with Crippen molar-refractivity contribution < 1.29 is 19.3 Å². The SMILES string of the molecule is COc1cnc(C(O)C2(OC)CCCCCC2)c(OC)n1. The maximum absolute atomic E-state index is 10.8. The Kier molecular flexibility index (Phi) is 5.36. The van der Waals surface area contributed by atoms with Crippen LogP contribution in [0.5, 0.6) is 11.8 Å². The van der Waals surface area contributed by atoms with E-state index in [0.29, 0.717) is 11.6 Å². The molecule has 1 aromatic rings. The van der Waals surface area contributed by atoms with Gasteiger partial charge in [-0.25, -0.2) is 4.98 Å². The van der Waals surface area contributed by atoms with Crippen molar-refractivity contribution in [3.63, 3.8) is 0 Å². The number of ether oxygens (including phenoxy) is 3. The third-order valence-electron chi connectivity index (χ3n) is 4.26. The molecule has 21 heavy (non-hydrogen) atoms. The average Bonchev–Trinajstić information content (AvgIpc) is 2.80. The Morgan fingerprint density at radius 1 is 1.10 bits per heavy atom. The minimum absolute atomic E-state index is 0.280. The van der Waals surface area contributed by atoms with Crippen LogP contribution in [0.15, 0.2) is 6.20 Å². The van der Waals surface area contributed by atoms with E-state index >= 15 is 0 Å². The monoisotopic (exact) mass is 296 g/mol. The van der Waals surface area contributed by atoms with Crippen molar-refractivity contribution in [2.45, 2.75) is 50.2 Å². The predicted octanol–water partition coefficient (Wildman–Crippen LogP) is 2.27. The second-order valence-corrected chi connectivity index (χ2v) is 5.39. The summed E-state index contributed by atoms with van der Waals surface area (Å²) in [6.07, 6.45) is 6.65. The number of nitrogens with zero attached hydrogens (tertiary/aromatic N) is 2. The van der Waals surface area contributed by atoms with Gasteiger partial charge in [0.05, 0.1) is 26.0 Å². The van der Waals surface area contributed by atoms with E-state index in [2.05, 4.69) is 9.97 Å². The number of hydrogen-bond acceptors (Lipinski definition) is 6. The van der Waals surface area contributed by atoms with Crippen molar-refractivity contribution in [3.8, 4) is 11.8 Å². The molecule has 1 unspecified atom stereocenters. The summed E-state index contributed by atoms with van der Waals surface area (Å²) in [5.41, 5.74) is -0.213. The molecule has 0 bridgehead atoms. The van der Waals surface area contributed by atoms with E-state index in [4.69, 9.17) is 14.2 Å². The second kappa shape index (κ2) is 7.04. The Balaban J connectivity index is 2.34. The van der Waals surface area contributed by atoms with Crippen LogP contribution in [0, 0.1) is 0 Å². The van der Waals surface area contributed by atoms with Gasteiger partial charge in [-0.1, -0.05) is 25.7 Å². The maximum Gasteiger partial charge on any atom is 0.241 e. The van der Waals surface area contributed by atoms with Crippen molar-refractivity contribution in [2.75, 3.05) is 21.3 Å². The predicted molar refractivity (Wildman–Crippen MR) is 77.5 cm³/mol. The summed E-state index contributed by atoms with van der Waals surface area (Å²) < 4.78 is 16.0. The second-order valence-electron chi connectivity index (χ2n) is 5.39. The van der Waals surface area contributed by atoms with E-state index in [1.807, 2.05) is 0 Å². The third kappa shape index (κ3) is 3.27. The molecule has 0 amide bonds. The fourth-order valence-corrected chi connectivity index (χ4v) is 2.97. The normalized spacial score (nSPS) is 19.6. The van der Waals surface area contributed by atoms with Crippen molar-refractivity contribution in [2.24, 2.45) is 0 Å². The molecular weight excluding hydrogens is 272 g/mol. The van der Waals surface area contributed by atoms with Gasteiger partial charge in [0, 0.05) is 7.11 Å². The van der Waals surface area contributed by atoms with E-state index in [1.54, 1.807) is 7.11 Å². The molecule has 1 aliphatic rings. The highest BCUT2D eigenvalue weighted by Crippen LogP contribution is 2.41. The zero-order valence-electron chi connectivity index (χ0n) is 13.0. The van der Waals surface area contributed by atoms with Crippen LogP contribution in [0.25, 0.3) is 0 Å². The highest BCUT2D eigenvalue weighted by atomic mass is 16.5. The summed E-state index contributed by atoms with van der Waals surface area (Å²) in [6.45, 7) is 0. The number of methoxy groups -OCH3 is 3. The average molecular weight is 296 g/mol. The lowest BCUT2D eigenvalue weighted by molar-refractivity contribution is -0.116.